The van der Waals surface area contributed by atoms with Crippen LogP contribution in [0.15, 0.2) is 4.99 Å². The summed E-state index contributed by atoms with van der Waals surface area (Å²) >= 11 is 3.92. The lowest BCUT2D eigenvalue weighted by Gasteiger charge is -2.32. The van der Waals surface area contributed by atoms with Crippen LogP contribution in [0.2, 0.25) is 0 Å². The largest absolute Gasteiger partial charge is 0.361 e. The molecule has 0 amide bonds. The van der Waals surface area contributed by atoms with Gasteiger partial charge in [0.05, 0.1) is 6.04 Å². The molecule has 0 aromatic carbocycles. The van der Waals surface area contributed by atoms with Crippen LogP contribution in [0.4, 0.5) is 0 Å². The zero-order valence-electron chi connectivity index (χ0n) is 12.0. The Balaban J connectivity index is 1.98. The second-order valence-electron chi connectivity index (χ2n) is 6.41. The molecule has 1 heterocycles. The molecule has 4 heteroatoms. The Morgan fingerprint density at radius 3 is 2.72 bits per heavy atom. The normalized spacial score (nSPS) is 33.3. The molecule has 1 aliphatic carbocycles. The average molecular weight is 287 g/mol. The van der Waals surface area contributed by atoms with Crippen LogP contribution in [0.3, 0.4) is 0 Å². The monoisotopic (exact) mass is 286 g/mol. The minimum absolute atomic E-state index is 0.294. The van der Waals surface area contributed by atoms with E-state index in [2.05, 4.69) is 32.3 Å². The molecule has 3 unspecified atom stereocenters. The fourth-order valence-electron chi connectivity index (χ4n) is 2.75. The van der Waals surface area contributed by atoms with Gasteiger partial charge >= 0.3 is 0 Å². The lowest BCUT2D eigenvalue weighted by Crippen LogP contribution is -2.40. The van der Waals surface area contributed by atoms with Gasteiger partial charge in [0.25, 0.3) is 0 Å². The van der Waals surface area contributed by atoms with Crippen molar-refractivity contribution in [1.29, 1.82) is 0 Å². The molecule has 104 valence electrons. The first kappa shape index (κ1) is 14.6. The molecule has 0 bridgehead atoms. The van der Waals surface area contributed by atoms with E-state index in [1.165, 1.54) is 36.6 Å². The third-order valence-corrected chi connectivity index (χ3v) is 6.07. The summed E-state index contributed by atoms with van der Waals surface area (Å²) in [6, 6.07) is 1.13. The zero-order valence-corrected chi connectivity index (χ0v) is 13.7. The van der Waals surface area contributed by atoms with Crippen LogP contribution in [0, 0.1) is 5.41 Å². The van der Waals surface area contributed by atoms with Crippen LogP contribution in [0.1, 0.15) is 46.5 Å². The molecule has 18 heavy (non-hydrogen) atoms. The minimum Gasteiger partial charge on any atom is -0.361 e. The van der Waals surface area contributed by atoms with Gasteiger partial charge in [-0.3, -0.25) is 4.99 Å². The molecule has 1 fully saturated rings. The van der Waals surface area contributed by atoms with Gasteiger partial charge in [-0.15, -0.1) is 0 Å². The highest BCUT2D eigenvalue weighted by molar-refractivity contribution is 8.13. The van der Waals surface area contributed by atoms with Crippen LogP contribution in [0.5, 0.6) is 0 Å². The van der Waals surface area contributed by atoms with Gasteiger partial charge in [-0.1, -0.05) is 39.0 Å². The highest BCUT2D eigenvalue weighted by Gasteiger charge is 2.31. The quantitative estimate of drug-likeness (QED) is 0.836. The van der Waals surface area contributed by atoms with Crippen molar-refractivity contribution in [3.8, 4) is 0 Å². The van der Waals surface area contributed by atoms with Crippen LogP contribution in [-0.2, 0) is 0 Å². The topological polar surface area (TPSA) is 24.4 Å². The SMILES string of the molecule is CSC1CCCC1NC1=NC(C(C)(C)C)CCS1. The summed E-state index contributed by atoms with van der Waals surface area (Å²) in [5, 5.41) is 5.69. The van der Waals surface area contributed by atoms with Gasteiger partial charge in [0.15, 0.2) is 5.17 Å². The van der Waals surface area contributed by atoms with E-state index >= 15 is 0 Å². The molecule has 3 atom stereocenters. The molecule has 2 aliphatic rings. The molecule has 0 spiro atoms. The Bertz CT molecular complexity index is 309. The third-order valence-electron chi connectivity index (χ3n) is 3.97. The first-order valence-corrected chi connectivity index (χ1v) is 9.28. The molecule has 0 aromatic heterocycles. The van der Waals surface area contributed by atoms with E-state index in [-0.39, 0.29) is 0 Å². The predicted octanol–water partition coefficient (Wildman–Crippen LogP) is 3.77. The van der Waals surface area contributed by atoms with Crippen LogP contribution >= 0.6 is 23.5 Å². The maximum absolute atomic E-state index is 4.94. The molecule has 0 aromatic rings. The molecule has 0 saturated heterocycles. The molecule has 1 aliphatic heterocycles. The number of rotatable bonds is 2. The summed E-state index contributed by atoms with van der Waals surface area (Å²) in [7, 11) is 0. The number of hydrogen-bond donors (Lipinski definition) is 1. The van der Waals surface area contributed by atoms with E-state index in [9.17, 15) is 0 Å². The summed E-state index contributed by atoms with van der Waals surface area (Å²) in [6.45, 7) is 6.90. The van der Waals surface area contributed by atoms with Crippen LogP contribution in [-0.4, -0.2) is 34.5 Å². The van der Waals surface area contributed by atoms with Crippen LogP contribution < -0.4 is 5.32 Å². The molecule has 0 radical (unpaired) electrons. The number of thioether (sulfide) groups is 2. The Morgan fingerprint density at radius 2 is 2.06 bits per heavy atom. The lowest BCUT2D eigenvalue weighted by atomic mass is 9.85. The summed E-state index contributed by atoms with van der Waals surface area (Å²) in [5.41, 5.74) is 0.294. The van der Waals surface area contributed by atoms with Gasteiger partial charge < -0.3 is 5.32 Å². The highest BCUT2D eigenvalue weighted by Crippen LogP contribution is 2.32. The molecule has 1 N–H and O–H groups in total. The highest BCUT2D eigenvalue weighted by atomic mass is 32.2. The van der Waals surface area contributed by atoms with Crippen molar-refractivity contribution in [2.45, 2.75) is 63.8 Å². The van der Waals surface area contributed by atoms with Crippen molar-refractivity contribution >= 4 is 28.7 Å². The first-order valence-electron chi connectivity index (χ1n) is 7.00. The lowest BCUT2D eigenvalue weighted by molar-refractivity contribution is 0.315. The van der Waals surface area contributed by atoms with E-state index in [4.69, 9.17) is 4.99 Å². The smallest absolute Gasteiger partial charge is 0.157 e. The fourth-order valence-corrected chi connectivity index (χ4v) is 4.65. The molecule has 2 rings (SSSR count). The third kappa shape index (κ3) is 3.60. The van der Waals surface area contributed by atoms with Crippen LogP contribution in [0.25, 0.3) is 0 Å². The number of hydrogen-bond acceptors (Lipinski definition) is 4. The van der Waals surface area contributed by atoms with Crippen molar-refractivity contribution in [3.05, 3.63) is 0 Å². The molecule has 2 nitrogen and oxygen atoms in total. The zero-order chi connectivity index (χ0) is 13.2. The van der Waals surface area contributed by atoms with Crippen molar-refractivity contribution < 1.29 is 0 Å². The van der Waals surface area contributed by atoms with E-state index in [0.29, 0.717) is 17.5 Å². The Morgan fingerprint density at radius 1 is 1.28 bits per heavy atom. The van der Waals surface area contributed by atoms with E-state index in [0.717, 1.165) is 5.25 Å². The second kappa shape index (κ2) is 6.08. The molecular weight excluding hydrogens is 260 g/mol. The van der Waals surface area contributed by atoms with Gasteiger partial charge in [0.2, 0.25) is 0 Å². The van der Waals surface area contributed by atoms with Crippen molar-refractivity contribution in [2.75, 3.05) is 12.0 Å². The van der Waals surface area contributed by atoms with Crippen molar-refractivity contribution in [2.24, 2.45) is 10.4 Å². The average Bonchev–Trinajstić information content (AvgIpc) is 2.75. The number of nitrogens with zero attached hydrogens (tertiary/aromatic N) is 1. The Hall–Kier alpha value is 0.170. The number of nitrogens with one attached hydrogen (secondary N) is 1. The molecule has 1 saturated carbocycles. The minimum atomic E-state index is 0.294. The predicted molar refractivity (Wildman–Crippen MR) is 85.8 cm³/mol. The number of aliphatic imine (C=N–C) groups is 1. The van der Waals surface area contributed by atoms with Crippen molar-refractivity contribution in [1.82, 2.24) is 5.32 Å². The van der Waals surface area contributed by atoms with E-state index < -0.39 is 0 Å². The van der Waals surface area contributed by atoms with Gasteiger partial charge in [-0.2, -0.15) is 11.8 Å². The van der Waals surface area contributed by atoms with Gasteiger partial charge in [0, 0.05) is 17.0 Å². The Kier molecular flexibility index (Phi) is 4.92. The van der Waals surface area contributed by atoms with Gasteiger partial charge in [0.1, 0.15) is 0 Å². The summed E-state index contributed by atoms with van der Waals surface area (Å²) in [5.74, 6) is 1.21. The standard InChI is InChI=1S/C14H26N2S2/c1-14(2,3)12-8-9-18-13(16-12)15-10-6-5-7-11(10)17-4/h10-12H,5-9H2,1-4H3,(H,15,16). The first-order chi connectivity index (χ1) is 8.50. The maximum atomic E-state index is 4.94. The van der Waals surface area contributed by atoms with Gasteiger partial charge in [-0.25, -0.2) is 0 Å². The van der Waals surface area contributed by atoms with Crippen molar-refractivity contribution in [3.63, 3.8) is 0 Å². The summed E-state index contributed by atoms with van der Waals surface area (Å²) in [6.07, 6.45) is 7.49. The molecular formula is C14H26N2S2. The van der Waals surface area contributed by atoms with E-state index in [1.54, 1.807) is 0 Å². The summed E-state index contributed by atoms with van der Waals surface area (Å²) in [4.78, 5) is 4.94. The van der Waals surface area contributed by atoms with Gasteiger partial charge in [-0.05, 0) is 30.9 Å². The summed E-state index contributed by atoms with van der Waals surface area (Å²) < 4.78 is 0. The van der Waals surface area contributed by atoms with E-state index in [1.807, 2.05) is 23.5 Å². The second-order valence-corrected chi connectivity index (χ2v) is 8.57. The Labute approximate surface area is 120 Å². The number of amidine groups is 1. The maximum Gasteiger partial charge on any atom is 0.157 e. The fraction of sp³-hybridized carbons (Fsp3) is 0.929.